The molecule has 0 atom stereocenters. The van der Waals surface area contributed by atoms with E-state index in [-0.39, 0.29) is 5.78 Å². The van der Waals surface area contributed by atoms with Crippen LogP contribution in [-0.4, -0.2) is 10.8 Å². The Hall–Kier alpha value is -1.44. The minimum absolute atomic E-state index is 0.0523. The SMILES string of the molecule is CC(=O)/C=C/c1cncc(C)c1. The van der Waals surface area contributed by atoms with Crippen LogP contribution in [0.5, 0.6) is 0 Å². The lowest BCUT2D eigenvalue weighted by molar-refractivity contribution is -0.112. The number of hydrogen-bond donors (Lipinski definition) is 0. The molecule has 0 spiro atoms. The number of carbonyl (C=O) groups is 1. The van der Waals surface area contributed by atoms with E-state index in [1.807, 2.05) is 13.0 Å². The summed E-state index contributed by atoms with van der Waals surface area (Å²) in [6, 6.07) is 1.98. The molecule has 0 amide bonds. The summed E-state index contributed by atoms with van der Waals surface area (Å²) in [6.45, 7) is 3.50. The smallest absolute Gasteiger partial charge is 0.152 e. The molecule has 62 valence electrons. The Bertz CT molecular complexity index is 315. The molecule has 0 unspecified atom stereocenters. The molecule has 2 heteroatoms. The maximum absolute atomic E-state index is 10.6. The van der Waals surface area contributed by atoms with Gasteiger partial charge in [0.1, 0.15) is 0 Å². The van der Waals surface area contributed by atoms with Crippen molar-refractivity contribution >= 4 is 11.9 Å². The standard InChI is InChI=1S/C10H11NO/c1-8-5-10(7-11-6-8)4-3-9(2)12/h3-7H,1-2H3/b4-3+. The number of hydrogen-bond acceptors (Lipinski definition) is 2. The van der Waals surface area contributed by atoms with Crippen molar-refractivity contribution in [2.45, 2.75) is 13.8 Å². The van der Waals surface area contributed by atoms with Gasteiger partial charge >= 0.3 is 0 Å². The molecule has 0 aliphatic rings. The molecule has 1 heterocycles. The molecule has 1 rings (SSSR count). The van der Waals surface area contributed by atoms with Gasteiger partial charge in [-0.3, -0.25) is 9.78 Å². The molecule has 0 bridgehead atoms. The molecule has 0 saturated heterocycles. The van der Waals surface area contributed by atoms with Crippen molar-refractivity contribution < 1.29 is 4.79 Å². The van der Waals surface area contributed by atoms with Gasteiger partial charge in [-0.25, -0.2) is 0 Å². The molecule has 0 aliphatic carbocycles. The van der Waals surface area contributed by atoms with Gasteiger partial charge in [0, 0.05) is 12.4 Å². The number of rotatable bonds is 2. The highest BCUT2D eigenvalue weighted by Crippen LogP contribution is 2.02. The van der Waals surface area contributed by atoms with Gasteiger partial charge in [-0.1, -0.05) is 0 Å². The van der Waals surface area contributed by atoms with Crippen LogP contribution in [0, 0.1) is 6.92 Å². The molecule has 0 aliphatic heterocycles. The van der Waals surface area contributed by atoms with E-state index in [4.69, 9.17) is 0 Å². The van der Waals surface area contributed by atoms with Gasteiger partial charge < -0.3 is 0 Å². The first kappa shape index (κ1) is 8.65. The summed E-state index contributed by atoms with van der Waals surface area (Å²) < 4.78 is 0. The molecule has 12 heavy (non-hydrogen) atoms. The van der Waals surface area contributed by atoms with Crippen molar-refractivity contribution in [1.82, 2.24) is 4.98 Å². The van der Waals surface area contributed by atoms with Crippen molar-refractivity contribution in [3.8, 4) is 0 Å². The second kappa shape index (κ2) is 3.81. The van der Waals surface area contributed by atoms with Crippen LogP contribution in [0.2, 0.25) is 0 Å². The lowest BCUT2D eigenvalue weighted by Crippen LogP contribution is -1.82. The van der Waals surface area contributed by atoms with E-state index in [1.165, 1.54) is 13.0 Å². The van der Waals surface area contributed by atoms with E-state index in [0.29, 0.717) is 0 Å². The van der Waals surface area contributed by atoms with Crippen LogP contribution in [0.3, 0.4) is 0 Å². The second-order valence-electron chi connectivity index (χ2n) is 2.74. The first-order valence-electron chi connectivity index (χ1n) is 3.79. The van der Waals surface area contributed by atoms with Gasteiger partial charge in [0.2, 0.25) is 0 Å². The number of pyridine rings is 1. The quantitative estimate of drug-likeness (QED) is 0.621. The minimum Gasteiger partial charge on any atom is -0.295 e. The number of aryl methyl sites for hydroxylation is 1. The van der Waals surface area contributed by atoms with Crippen LogP contribution in [0.4, 0.5) is 0 Å². The summed E-state index contributed by atoms with van der Waals surface area (Å²) in [7, 11) is 0. The third kappa shape index (κ3) is 2.66. The minimum atomic E-state index is 0.0523. The zero-order chi connectivity index (χ0) is 8.97. The normalized spacial score (nSPS) is 10.5. The molecule has 0 saturated carbocycles. The number of carbonyl (C=O) groups excluding carboxylic acids is 1. The van der Waals surface area contributed by atoms with Crippen molar-refractivity contribution in [2.24, 2.45) is 0 Å². The molecule has 1 aromatic heterocycles. The van der Waals surface area contributed by atoms with Crippen LogP contribution in [-0.2, 0) is 4.79 Å². The number of nitrogens with zero attached hydrogens (tertiary/aromatic N) is 1. The van der Waals surface area contributed by atoms with Crippen molar-refractivity contribution in [2.75, 3.05) is 0 Å². The summed E-state index contributed by atoms with van der Waals surface area (Å²) >= 11 is 0. The zero-order valence-electron chi connectivity index (χ0n) is 7.24. The predicted molar refractivity (Wildman–Crippen MR) is 48.7 cm³/mol. The van der Waals surface area contributed by atoms with Crippen molar-refractivity contribution in [1.29, 1.82) is 0 Å². The van der Waals surface area contributed by atoms with Gasteiger partial charge in [-0.15, -0.1) is 0 Å². The fourth-order valence-electron chi connectivity index (χ4n) is 0.883. The first-order valence-corrected chi connectivity index (χ1v) is 3.79. The van der Waals surface area contributed by atoms with Gasteiger partial charge in [0.25, 0.3) is 0 Å². The molecule has 0 N–H and O–H groups in total. The molecule has 2 nitrogen and oxygen atoms in total. The Labute approximate surface area is 71.9 Å². The van der Waals surface area contributed by atoms with Crippen LogP contribution >= 0.6 is 0 Å². The topological polar surface area (TPSA) is 30.0 Å². The summed E-state index contributed by atoms with van der Waals surface area (Å²) in [5, 5.41) is 0. The fourth-order valence-corrected chi connectivity index (χ4v) is 0.883. The summed E-state index contributed by atoms with van der Waals surface area (Å²) in [4.78, 5) is 14.6. The molecular formula is C10H11NO. The van der Waals surface area contributed by atoms with Crippen LogP contribution < -0.4 is 0 Å². The van der Waals surface area contributed by atoms with Crippen LogP contribution in [0.1, 0.15) is 18.1 Å². The summed E-state index contributed by atoms with van der Waals surface area (Å²) in [5.41, 5.74) is 2.06. The van der Waals surface area contributed by atoms with E-state index in [1.54, 1.807) is 18.5 Å². The van der Waals surface area contributed by atoms with Gasteiger partial charge in [-0.2, -0.15) is 0 Å². The highest BCUT2D eigenvalue weighted by molar-refractivity contribution is 5.91. The Balaban J connectivity index is 2.83. The van der Waals surface area contributed by atoms with Crippen LogP contribution in [0.15, 0.2) is 24.5 Å². The predicted octanol–water partition coefficient (Wildman–Crippen LogP) is 1.99. The molecule has 0 radical (unpaired) electrons. The molecule has 0 fully saturated rings. The maximum atomic E-state index is 10.6. The third-order valence-corrected chi connectivity index (χ3v) is 1.41. The van der Waals surface area contributed by atoms with E-state index in [2.05, 4.69) is 4.98 Å². The van der Waals surface area contributed by atoms with Crippen molar-refractivity contribution in [3.05, 3.63) is 35.7 Å². The van der Waals surface area contributed by atoms with E-state index >= 15 is 0 Å². The maximum Gasteiger partial charge on any atom is 0.152 e. The summed E-state index contributed by atoms with van der Waals surface area (Å²) in [5.74, 6) is 0.0523. The zero-order valence-corrected chi connectivity index (χ0v) is 7.24. The Morgan fingerprint density at radius 2 is 2.25 bits per heavy atom. The first-order chi connectivity index (χ1) is 5.68. The Morgan fingerprint density at radius 3 is 2.83 bits per heavy atom. The second-order valence-corrected chi connectivity index (χ2v) is 2.74. The molecule has 0 aromatic carbocycles. The van der Waals surface area contributed by atoms with E-state index in [0.717, 1.165) is 11.1 Å². The molecular weight excluding hydrogens is 150 g/mol. The van der Waals surface area contributed by atoms with Crippen LogP contribution in [0.25, 0.3) is 6.08 Å². The Kier molecular flexibility index (Phi) is 2.75. The largest absolute Gasteiger partial charge is 0.295 e. The number of allylic oxidation sites excluding steroid dienone is 1. The van der Waals surface area contributed by atoms with Crippen molar-refractivity contribution in [3.63, 3.8) is 0 Å². The fraction of sp³-hybridized carbons (Fsp3) is 0.200. The summed E-state index contributed by atoms with van der Waals surface area (Å²) in [6.07, 6.45) is 6.82. The van der Waals surface area contributed by atoms with Gasteiger partial charge in [-0.05, 0) is 43.2 Å². The third-order valence-electron chi connectivity index (χ3n) is 1.41. The Morgan fingerprint density at radius 1 is 1.50 bits per heavy atom. The average molecular weight is 161 g/mol. The molecule has 1 aromatic rings. The number of ketones is 1. The highest BCUT2D eigenvalue weighted by Gasteiger charge is 1.88. The van der Waals surface area contributed by atoms with Gasteiger partial charge in [0.15, 0.2) is 5.78 Å². The van der Waals surface area contributed by atoms with E-state index in [9.17, 15) is 4.79 Å². The highest BCUT2D eigenvalue weighted by atomic mass is 16.1. The van der Waals surface area contributed by atoms with Gasteiger partial charge in [0.05, 0.1) is 0 Å². The van der Waals surface area contributed by atoms with E-state index < -0.39 is 0 Å². The lowest BCUT2D eigenvalue weighted by Gasteiger charge is -1.93. The monoisotopic (exact) mass is 161 g/mol. The average Bonchev–Trinajstić information content (AvgIpc) is 2.01. The lowest BCUT2D eigenvalue weighted by atomic mass is 10.2. The number of aromatic nitrogens is 1.